The average molecular weight is 271 g/mol. The van der Waals surface area contributed by atoms with Crippen LogP contribution in [0.3, 0.4) is 0 Å². The van der Waals surface area contributed by atoms with E-state index in [0.29, 0.717) is 6.04 Å². The van der Waals surface area contributed by atoms with Gasteiger partial charge in [-0.05, 0) is 44.2 Å². The van der Waals surface area contributed by atoms with E-state index < -0.39 is 0 Å². The highest BCUT2D eigenvalue weighted by Crippen LogP contribution is 2.35. The molecule has 1 aromatic carbocycles. The SMILES string of the molecule is Cc1cccc2ncnc(N(CCCCO)C3CC3)c12. The first-order valence-corrected chi connectivity index (χ1v) is 7.39. The predicted octanol–water partition coefficient (Wildman–Crippen LogP) is 2.68. The van der Waals surface area contributed by atoms with Gasteiger partial charge in [0, 0.05) is 24.6 Å². The smallest absolute Gasteiger partial charge is 0.140 e. The van der Waals surface area contributed by atoms with Gasteiger partial charge < -0.3 is 10.0 Å². The van der Waals surface area contributed by atoms with Crippen LogP contribution in [0, 0.1) is 6.92 Å². The number of anilines is 1. The van der Waals surface area contributed by atoms with Crippen molar-refractivity contribution in [1.82, 2.24) is 9.97 Å². The largest absolute Gasteiger partial charge is 0.396 e. The van der Waals surface area contributed by atoms with Crippen LogP contribution in [0.15, 0.2) is 24.5 Å². The van der Waals surface area contributed by atoms with E-state index in [0.717, 1.165) is 30.7 Å². The van der Waals surface area contributed by atoms with Gasteiger partial charge in [-0.2, -0.15) is 0 Å². The molecule has 0 atom stereocenters. The number of aliphatic hydroxyl groups is 1. The van der Waals surface area contributed by atoms with Crippen molar-refractivity contribution in [3.8, 4) is 0 Å². The van der Waals surface area contributed by atoms with Gasteiger partial charge in [0.25, 0.3) is 0 Å². The number of aryl methyl sites for hydroxylation is 1. The molecule has 1 aliphatic carbocycles. The molecule has 1 heterocycles. The molecule has 0 spiro atoms. The quantitative estimate of drug-likeness (QED) is 0.821. The molecule has 1 saturated carbocycles. The Kier molecular flexibility index (Phi) is 3.83. The molecule has 1 fully saturated rings. The van der Waals surface area contributed by atoms with Crippen molar-refractivity contribution >= 4 is 16.7 Å². The molecule has 0 amide bonds. The summed E-state index contributed by atoms with van der Waals surface area (Å²) in [5.74, 6) is 1.06. The molecule has 1 aromatic heterocycles. The van der Waals surface area contributed by atoms with Crippen LogP contribution in [0.5, 0.6) is 0 Å². The molecule has 2 aromatic rings. The lowest BCUT2D eigenvalue weighted by Crippen LogP contribution is -2.28. The minimum atomic E-state index is 0.266. The number of fused-ring (bicyclic) bond motifs is 1. The summed E-state index contributed by atoms with van der Waals surface area (Å²) in [7, 11) is 0. The van der Waals surface area contributed by atoms with Crippen molar-refractivity contribution in [2.45, 2.75) is 38.6 Å². The first kappa shape index (κ1) is 13.3. The van der Waals surface area contributed by atoms with Crippen LogP contribution < -0.4 is 4.90 Å². The number of aliphatic hydroxyl groups excluding tert-OH is 1. The summed E-state index contributed by atoms with van der Waals surface area (Å²) in [5.41, 5.74) is 2.24. The Hall–Kier alpha value is -1.68. The van der Waals surface area contributed by atoms with Crippen LogP contribution in [-0.4, -0.2) is 34.3 Å². The summed E-state index contributed by atoms with van der Waals surface area (Å²) in [5, 5.41) is 10.1. The van der Waals surface area contributed by atoms with Gasteiger partial charge in [0.1, 0.15) is 12.1 Å². The van der Waals surface area contributed by atoms with Crippen LogP contribution >= 0.6 is 0 Å². The fourth-order valence-electron chi connectivity index (χ4n) is 2.72. The molecule has 3 rings (SSSR count). The Morgan fingerprint density at radius 1 is 1.25 bits per heavy atom. The van der Waals surface area contributed by atoms with Gasteiger partial charge in [-0.15, -0.1) is 0 Å². The monoisotopic (exact) mass is 271 g/mol. The van der Waals surface area contributed by atoms with Crippen molar-refractivity contribution in [1.29, 1.82) is 0 Å². The van der Waals surface area contributed by atoms with E-state index in [1.807, 2.05) is 12.1 Å². The van der Waals surface area contributed by atoms with E-state index >= 15 is 0 Å². The fourth-order valence-corrected chi connectivity index (χ4v) is 2.72. The van der Waals surface area contributed by atoms with E-state index in [2.05, 4.69) is 27.9 Å². The molecule has 1 N–H and O–H groups in total. The third-order valence-corrected chi connectivity index (χ3v) is 3.92. The van der Waals surface area contributed by atoms with Crippen molar-refractivity contribution in [3.63, 3.8) is 0 Å². The second-order valence-electron chi connectivity index (χ2n) is 5.52. The molecule has 4 nitrogen and oxygen atoms in total. The summed E-state index contributed by atoms with van der Waals surface area (Å²) in [4.78, 5) is 11.4. The maximum absolute atomic E-state index is 8.98. The van der Waals surface area contributed by atoms with Crippen LogP contribution in [0.4, 0.5) is 5.82 Å². The van der Waals surface area contributed by atoms with Crippen molar-refractivity contribution in [2.24, 2.45) is 0 Å². The molecular weight excluding hydrogens is 250 g/mol. The molecule has 20 heavy (non-hydrogen) atoms. The van der Waals surface area contributed by atoms with Gasteiger partial charge in [0.15, 0.2) is 0 Å². The van der Waals surface area contributed by atoms with Crippen LogP contribution in [0.25, 0.3) is 10.9 Å². The highest BCUT2D eigenvalue weighted by molar-refractivity contribution is 5.92. The number of aromatic nitrogens is 2. The maximum Gasteiger partial charge on any atom is 0.140 e. The maximum atomic E-state index is 8.98. The highest BCUT2D eigenvalue weighted by atomic mass is 16.2. The first-order chi connectivity index (χ1) is 9.81. The Labute approximate surface area is 119 Å². The second-order valence-corrected chi connectivity index (χ2v) is 5.52. The van der Waals surface area contributed by atoms with Gasteiger partial charge in [-0.25, -0.2) is 9.97 Å². The predicted molar refractivity (Wildman–Crippen MR) is 81.0 cm³/mol. The molecular formula is C16H21N3O. The normalized spacial score (nSPS) is 14.7. The molecule has 106 valence electrons. The third kappa shape index (κ3) is 2.61. The third-order valence-electron chi connectivity index (χ3n) is 3.92. The fraction of sp³-hybridized carbons (Fsp3) is 0.500. The standard InChI is InChI=1S/C16H21N3O/c1-12-5-4-6-14-15(12)16(18-11-17-14)19(13-7-8-13)9-2-3-10-20/h4-6,11,13,20H,2-3,7-10H2,1H3. The molecule has 0 bridgehead atoms. The minimum absolute atomic E-state index is 0.266. The summed E-state index contributed by atoms with van der Waals surface area (Å²) in [6.07, 6.45) is 6.02. The zero-order valence-corrected chi connectivity index (χ0v) is 11.9. The number of rotatable bonds is 6. The summed E-state index contributed by atoms with van der Waals surface area (Å²) in [6, 6.07) is 6.83. The molecule has 0 unspecified atom stereocenters. The van der Waals surface area contributed by atoms with Crippen LogP contribution in [0.2, 0.25) is 0 Å². The van der Waals surface area contributed by atoms with E-state index in [1.54, 1.807) is 6.33 Å². The van der Waals surface area contributed by atoms with Crippen molar-refractivity contribution < 1.29 is 5.11 Å². The van der Waals surface area contributed by atoms with Crippen LogP contribution in [-0.2, 0) is 0 Å². The molecule has 0 radical (unpaired) electrons. The van der Waals surface area contributed by atoms with Crippen molar-refractivity contribution in [3.05, 3.63) is 30.1 Å². The summed E-state index contributed by atoms with van der Waals surface area (Å²) >= 11 is 0. The van der Waals surface area contributed by atoms with Crippen molar-refractivity contribution in [2.75, 3.05) is 18.1 Å². The summed E-state index contributed by atoms with van der Waals surface area (Å²) < 4.78 is 0. The van der Waals surface area contributed by atoms with E-state index in [4.69, 9.17) is 5.11 Å². The summed E-state index contributed by atoms with van der Waals surface area (Å²) in [6.45, 7) is 3.35. The number of hydrogen-bond donors (Lipinski definition) is 1. The molecule has 4 heteroatoms. The Balaban J connectivity index is 1.97. The number of unbranched alkanes of at least 4 members (excludes halogenated alkanes) is 1. The lowest BCUT2D eigenvalue weighted by molar-refractivity contribution is 0.285. The Bertz CT molecular complexity index is 590. The second kappa shape index (κ2) is 5.75. The lowest BCUT2D eigenvalue weighted by Gasteiger charge is -2.25. The zero-order chi connectivity index (χ0) is 13.9. The molecule has 1 aliphatic rings. The van der Waals surface area contributed by atoms with E-state index in [1.165, 1.54) is 23.8 Å². The lowest BCUT2D eigenvalue weighted by atomic mass is 10.1. The van der Waals surface area contributed by atoms with Gasteiger partial charge in [-0.1, -0.05) is 12.1 Å². The van der Waals surface area contributed by atoms with Gasteiger partial charge in [-0.3, -0.25) is 0 Å². The first-order valence-electron chi connectivity index (χ1n) is 7.39. The van der Waals surface area contributed by atoms with Gasteiger partial charge in [0.05, 0.1) is 5.52 Å². The van der Waals surface area contributed by atoms with Gasteiger partial charge in [0.2, 0.25) is 0 Å². The highest BCUT2D eigenvalue weighted by Gasteiger charge is 2.30. The Morgan fingerprint density at radius 2 is 2.10 bits per heavy atom. The average Bonchev–Trinajstić information content (AvgIpc) is 3.28. The number of benzene rings is 1. The van der Waals surface area contributed by atoms with Crippen LogP contribution in [0.1, 0.15) is 31.2 Å². The topological polar surface area (TPSA) is 49.2 Å². The molecule has 0 saturated heterocycles. The van der Waals surface area contributed by atoms with E-state index in [9.17, 15) is 0 Å². The number of nitrogens with zero attached hydrogens (tertiary/aromatic N) is 3. The zero-order valence-electron chi connectivity index (χ0n) is 11.9. The minimum Gasteiger partial charge on any atom is -0.396 e. The van der Waals surface area contributed by atoms with Gasteiger partial charge >= 0.3 is 0 Å². The Morgan fingerprint density at radius 3 is 2.85 bits per heavy atom. The molecule has 0 aliphatic heterocycles. The van der Waals surface area contributed by atoms with E-state index in [-0.39, 0.29) is 6.61 Å². The number of hydrogen-bond acceptors (Lipinski definition) is 4.